The third kappa shape index (κ3) is 6.31. The van der Waals surface area contributed by atoms with E-state index in [0.29, 0.717) is 29.1 Å². The van der Waals surface area contributed by atoms with Crippen molar-refractivity contribution in [3.8, 4) is 0 Å². The molecule has 1 heterocycles. The van der Waals surface area contributed by atoms with Crippen LogP contribution in [0.4, 0.5) is 0 Å². The van der Waals surface area contributed by atoms with Crippen LogP contribution < -0.4 is 0 Å². The van der Waals surface area contributed by atoms with Crippen molar-refractivity contribution in [3.05, 3.63) is 69.7 Å². The number of hydrogen-bond acceptors (Lipinski definition) is 3. The summed E-state index contributed by atoms with van der Waals surface area (Å²) in [6.45, 7) is 5.06. The number of carbonyl (C=O) groups excluding carboxylic acids is 3. The molecule has 31 heavy (non-hydrogen) atoms. The number of rotatable bonds is 7. The van der Waals surface area contributed by atoms with Crippen LogP contribution in [0, 0.1) is 5.92 Å². The van der Waals surface area contributed by atoms with Gasteiger partial charge in [0.15, 0.2) is 0 Å². The van der Waals surface area contributed by atoms with Gasteiger partial charge in [0.1, 0.15) is 0 Å². The van der Waals surface area contributed by atoms with E-state index in [1.165, 1.54) is 4.90 Å². The van der Waals surface area contributed by atoms with E-state index in [9.17, 15) is 14.4 Å². The van der Waals surface area contributed by atoms with Gasteiger partial charge in [-0.05, 0) is 41.3 Å². The van der Waals surface area contributed by atoms with E-state index < -0.39 is 6.04 Å². The molecular weight excluding hydrogens is 435 g/mol. The van der Waals surface area contributed by atoms with Crippen LogP contribution in [0.5, 0.6) is 0 Å². The number of amides is 3. The molecule has 1 aliphatic heterocycles. The molecule has 0 aromatic heterocycles. The van der Waals surface area contributed by atoms with E-state index >= 15 is 0 Å². The summed E-state index contributed by atoms with van der Waals surface area (Å²) in [4.78, 5) is 42.0. The minimum atomic E-state index is -0.467. The van der Waals surface area contributed by atoms with Gasteiger partial charge in [-0.25, -0.2) is 0 Å². The molecule has 0 radical (unpaired) electrons. The van der Waals surface area contributed by atoms with E-state index in [-0.39, 0.29) is 37.0 Å². The van der Waals surface area contributed by atoms with Crippen LogP contribution in [0.2, 0.25) is 10.0 Å². The highest BCUT2D eigenvalue weighted by Gasteiger charge is 2.38. The van der Waals surface area contributed by atoms with Gasteiger partial charge in [0, 0.05) is 29.6 Å². The first-order chi connectivity index (χ1) is 14.7. The van der Waals surface area contributed by atoms with Gasteiger partial charge in [0.25, 0.3) is 0 Å². The molecule has 1 fully saturated rings. The molecule has 2 aromatic carbocycles. The van der Waals surface area contributed by atoms with Gasteiger partial charge in [0.2, 0.25) is 17.7 Å². The molecule has 0 spiro atoms. The summed E-state index contributed by atoms with van der Waals surface area (Å²) in [5.74, 6) is -0.344. The fraction of sp³-hybridized carbons (Fsp3) is 0.375. The van der Waals surface area contributed by atoms with Crippen LogP contribution in [0.1, 0.15) is 31.4 Å². The maximum absolute atomic E-state index is 13.2. The van der Waals surface area contributed by atoms with E-state index in [1.807, 2.05) is 13.8 Å². The summed E-state index contributed by atoms with van der Waals surface area (Å²) in [5.41, 5.74) is 1.53. The summed E-state index contributed by atoms with van der Waals surface area (Å²) in [5, 5.41) is 1.16. The topological polar surface area (TPSA) is 57.7 Å². The van der Waals surface area contributed by atoms with Crippen LogP contribution in [0.15, 0.2) is 48.5 Å². The minimum Gasteiger partial charge on any atom is -0.340 e. The second kappa shape index (κ2) is 10.3. The SMILES string of the molecule is CC(C)CN1CC(N(C(=O)Cc2ccc(Cl)cc2)C(=O)Cc2ccc(Cl)cc2)CC1=O. The number of benzene rings is 2. The number of imide groups is 1. The first kappa shape index (κ1) is 23.3. The van der Waals surface area contributed by atoms with Crippen molar-refractivity contribution in [1.29, 1.82) is 0 Å². The average molecular weight is 461 g/mol. The Morgan fingerprint density at radius 3 is 1.81 bits per heavy atom. The summed E-state index contributed by atoms with van der Waals surface area (Å²) >= 11 is 11.9. The van der Waals surface area contributed by atoms with Gasteiger partial charge in [-0.3, -0.25) is 19.3 Å². The van der Waals surface area contributed by atoms with Crippen molar-refractivity contribution < 1.29 is 14.4 Å². The molecule has 0 N–H and O–H groups in total. The fourth-order valence-corrected chi connectivity index (χ4v) is 4.06. The Morgan fingerprint density at radius 2 is 1.39 bits per heavy atom. The second-order valence-corrected chi connectivity index (χ2v) is 9.19. The molecule has 1 saturated heterocycles. The van der Waals surface area contributed by atoms with E-state index in [4.69, 9.17) is 23.2 Å². The van der Waals surface area contributed by atoms with Gasteiger partial charge in [-0.2, -0.15) is 0 Å². The Bertz CT molecular complexity index is 883. The Balaban J connectivity index is 1.81. The predicted octanol–water partition coefficient (Wildman–Crippen LogP) is 4.39. The number of hydrogen-bond donors (Lipinski definition) is 0. The van der Waals surface area contributed by atoms with Crippen LogP contribution >= 0.6 is 23.2 Å². The first-order valence-electron chi connectivity index (χ1n) is 10.3. The van der Waals surface area contributed by atoms with Gasteiger partial charge >= 0.3 is 0 Å². The van der Waals surface area contributed by atoms with Gasteiger partial charge in [0.05, 0.1) is 18.9 Å². The molecular formula is C24H26Cl2N2O3. The van der Waals surface area contributed by atoms with E-state index in [0.717, 1.165) is 11.1 Å². The Morgan fingerprint density at radius 1 is 0.935 bits per heavy atom. The van der Waals surface area contributed by atoms with Crippen LogP contribution in [0.3, 0.4) is 0 Å². The summed E-state index contributed by atoms with van der Waals surface area (Å²) in [7, 11) is 0. The fourth-order valence-electron chi connectivity index (χ4n) is 3.81. The number of carbonyl (C=O) groups is 3. The van der Waals surface area contributed by atoms with Gasteiger partial charge in [-0.15, -0.1) is 0 Å². The van der Waals surface area contributed by atoms with Crippen LogP contribution in [0.25, 0.3) is 0 Å². The highest BCUT2D eigenvalue weighted by Crippen LogP contribution is 2.22. The van der Waals surface area contributed by atoms with Crippen molar-refractivity contribution in [1.82, 2.24) is 9.80 Å². The minimum absolute atomic E-state index is 0.0257. The van der Waals surface area contributed by atoms with Gasteiger partial charge in [-0.1, -0.05) is 61.3 Å². The van der Waals surface area contributed by atoms with Crippen molar-refractivity contribution in [3.63, 3.8) is 0 Å². The van der Waals surface area contributed by atoms with Gasteiger partial charge < -0.3 is 4.90 Å². The lowest BCUT2D eigenvalue weighted by atomic mass is 10.1. The molecule has 3 rings (SSSR count). The second-order valence-electron chi connectivity index (χ2n) is 8.31. The predicted molar refractivity (Wildman–Crippen MR) is 122 cm³/mol. The number of nitrogens with zero attached hydrogens (tertiary/aromatic N) is 2. The zero-order chi connectivity index (χ0) is 22.5. The Labute approximate surface area is 192 Å². The molecule has 1 unspecified atom stereocenters. The normalized spacial score (nSPS) is 16.1. The Kier molecular flexibility index (Phi) is 7.74. The monoisotopic (exact) mass is 460 g/mol. The van der Waals surface area contributed by atoms with Crippen molar-refractivity contribution in [2.75, 3.05) is 13.1 Å². The quantitative estimate of drug-likeness (QED) is 0.615. The molecule has 1 atom stereocenters. The van der Waals surface area contributed by atoms with Crippen molar-refractivity contribution in [2.24, 2.45) is 5.92 Å². The summed E-state index contributed by atoms with van der Waals surface area (Å²) in [6.07, 6.45) is 0.294. The third-order valence-electron chi connectivity index (χ3n) is 5.22. The maximum atomic E-state index is 13.2. The first-order valence-corrected chi connectivity index (χ1v) is 11.1. The zero-order valence-corrected chi connectivity index (χ0v) is 19.2. The van der Waals surface area contributed by atoms with Crippen LogP contribution in [-0.4, -0.2) is 46.7 Å². The van der Waals surface area contributed by atoms with Crippen molar-refractivity contribution in [2.45, 2.75) is 39.2 Å². The highest BCUT2D eigenvalue weighted by molar-refractivity contribution is 6.30. The lowest BCUT2D eigenvalue weighted by Crippen LogP contribution is -2.47. The maximum Gasteiger partial charge on any atom is 0.233 e. The lowest BCUT2D eigenvalue weighted by Gasteiger charge is -2.28. The van der Waals surface area contributed by atoms with Crippen molar-refractivity contribution >= 4 is 40.9 Å². The zero-order valence-electron chi connectivity index (χ0n) is 17.7. The van der Waals surface area contributed by atoms with E-state index in [1.54, 1.807) is 53.4 Å². The van der Waals surface area contributed by atoms with Crippen LogP contribution in [-0.2, 0) is 27.2 Å². The molecule has 1 aliphatic rings. The summed E-state index contributed by atoms with van der Waals surface area (Å²) < 4.78 is 0. The Hall–Kier alpha value is -2.37. The number of likely N-dealkylation sites (tertiary alicyclic amines) is 1. The largest absolute Gasteiger partial charge is 0.340 e. The molecule has 0 bridgehead atoms. The lowest BCUT2D eigenvalue weighted by molar-refractivity contribution is -0.146. The molecule has 0 aliphatic carbocycles. The van der Waals surface area contributed by atoms with E-state index in [2.05, 4.69) is 0 Å². The standard InChI is InChI=1S/C24H26Cl2N2O3/c1-16(2)14-27-15-21(13-22(27)29)28(23(30)11-17-3-7-19(25)8-4-17)24(31)12-18-5-9-20(26)10-6-18/h3-10,16,21H,11-15H2,1-2H3. The molecule has 5 nitrogen and oxygen atoms in total. The molecule has 7 heteroatoms. The molecule has 3 amide bonds. The number of halogens is 2. The molecule has 2 aromatic rings. The smallest absolute Gasteiger partial charge is 0.233 e. The third-order valence-corrected chi connectivity index (χ3v) is 5.72. The highest BCUT2D eigenvalue weighted by atomic mass is 35.5. The summed E-state index contributed by atoms with van der Waals surface area (Å²) in [6, 6.07) is 13.5. The average Bonchev–Trinajstić information content (AvgIpc) is 3.04. The molecule has 164 valence electrons. The molecule has 0 saturated carbocycles.